The lowest BCUT2D eigenvalue weighted by Crippen LogP contribution is -2.18. The molecule has 0 unspecified atom stereocenters. The molecule has 1 rings (SSSR count). The number of methoxy groups -OCH3 is 1. The molecule has 2 nitrogen and oxygen atoms in total. The molecule has 0 bridgehead atoms. The van der Waals surface area contributed by atoms with E-state index in [0.29, 0.717) is 5.71 Å². The maximum atomic E-state index is 7.28. The molecule has 0 spiro atoms. The van der Waals surface area contributed by atoms with Crippen LogP contribution in [-0.2, 0) is 4.74 Å². The van der Waals surface area contributed by atoms with Gasteiger partial charge in [-0.1, -0.05) is 12.2 Å². The number of ether oxygens (including phenoxy) is 1. The predicted octanol–water partition coefficient (Wildman–Crippen LogP) is 1.15. The van der Waals surface area contributed by atoms with Crippen molar-refractivity contribution in [2.24, 2.45) is 0 Å². The molecule has 0 saturated carbocycles. The van der Waals surface area contributed by atoms with Crippen LogP contribution >= 0.6 is 0 Å². The molecule has 0 aromatic carbocycles. The van der Waals surface area contributed by atoms with Gasteiger partial charge in [0.1, 0.15) is 6.10 Å². The first-order chi connectivity index (χ1) is 4.34. The highest BCUT2D eigenvalue weighted by molar-refractivity contribution is 5.98. The Hall–Kier alpha value is -0.890. The maximum Gasteiger partial charge on any atom is 0.117 e. The first-order valence-electron chi connectivity index (χ1n) is 2.80. The first kappa shape index (κ1) is 6.23. The highest BCUT2D eigenvalue weighted by atomic mass is 16.5. The SMILES string of the molecule is CO[C@@H]1C=CC=CC1=N. The van der Waals surface area contributed by atoms with Gasteiger partial charge < -0.3 is 10.1 Å². The van der Waals surface area contributed by atoms with Gasteiger partial charge in [-0.15, -0.1) is 0 Å². The van der Waals surface area contributed by atoms with Crippen molar-refractivity contribution < 1.29 is 4.74 Å². The highest BCUT2D eigenvalue weighted by Gasteiger charge is 2.07. The molecule has 0 aliphatic heterocycles. The van der Waals surface area contributed by atoms with Gasteiger partial charge in [0.2, 0.25) is 0 Å². The Kier molecular flexibility index (Phi) is 1.80. The largest absolute Gasteiger partial charge is 0.371 e. The van der Waals surface area contributed by atoms with Crippen molar-refractivity contribution in [2.75, 3.05) is 7.11 Å². The molecule has 0 amide bonds. The van der Waals surface area contributed by atoms with Crippen LogP contribution in [0.2, 0.25) is 0 Å². The lowest BCUT2D eigenvalue weighted by atomic mass is 10.1. The van der Waals surface area contributed by atoms with Crippen LogP contribution in [0.25, 0.3) is 0 Å². The van der Waals surface area contributed by atoms with Crippen LogP contribution in [-0.4, -0.2) is 18.9 Å². The van der Waals surface area contributed by atoms with E-state index in [0.717, 1.165) is 0 Å². The zero-order chi connectivity index (χ0) is 6.69. The van der Waals surface area contributed by atoms with E-state index in [1.54, 1.807) is 13.2 Å². The third-order valence-electron chi connectivity index (χ3n) is 1.23. The lowest BCUT2D eigenvalue weighted by Gasteiger charge is -2.10. The van der Waals surface area contributed by atoms with Gasteiger partial charge in [0.05, 0.1) is 5.71 Å². The summed E-state index contributed by atoms with van der Waals surface area (Å²) >= 11 is 0. The molecular formula is C7H9NO. The van der Waals surface area contributed by atoms with Crippen molar-refractivity contribution >= 4 is 5.71 Å². The van der Waals surface area contributed by atoms with Gasteiger partial charge in [0.15, 0.2) is 0 Å². The third kappa shape index (κ3) is 1.27. The Balaban J connectivity index is 2.66. The van der Waals surface area contributed by atoms with Crippen LogP contribution in [0.3, 0.4) is 0 Å². The monoisotopic (exact) mass is 123 g/mol. The number of rotatable bonds is 1. The summed E-state index contributed by atoms with van der Waals surface area (Å²) in [5, 5.41) is 7.28. The second-order valence-corrected chi connectivity index (χ2v) is 1.86. The fourth-order valence-electron chi connectivity index (χ4n) is 0.728. The van der Waals surface area contributed by atoms with E-state index in [2.05, 4.69) is 0 Å². The summed E-state index contributed by atoms with van der Waals surface area (Å²) in [5.41, 5.74) is 0.514. The Labute approximate surface area is 54.3 Å². The molecule has 9 heavy (non-hydrogen) atoms. The summed E-state index contributed by atoms with van der Waals surface area (Å²) in [6.07, 6.45) is 7.16. The minimum absolute atomic E-state index is 0.130. The van der Waals surface area contributed by atoms with Crippen molar-refractivity contribution in [2.45, 2.75) is 6.10 Å². The fraction of sp³-hybridized carbons (Fsp3) is 0.286. The van der Waals surface area contributed by atoms with Crippen LogP contribution < -0.4 is 0 Å². The molecule has 1 atom stereocenters. The van der Waals surface area contributed by atoms with Gasteiger partial charge in [-0.2, -0.15) is 0 Å². The van der Waals surface area contributed by atoms with E-state index in [1.807, 2.05) is 18.2 Å². The van der Waals surface area contributed by atoms with Gasteiger partial charge in [-0.3, -0.25) is 0 Å². The summed E-state index contributed by atoms with van der Waals surface area (Å²) in [6.45, 7) is 0. The Morgan fingerprint density at radius 3 is 2.78 bits per heavy atom. The average molecular weight is 123 g/mol. The summed E-state index contributed by atoms with van der Waals surface area (Å²) in [6, 6.07) is 0. The fourth-order valence-corrected chi connectivity index (χ4v) is 0.728. The Morgan fingerprint density at radius 1 is 1.56 bits per heavy atom. The van der Waals surface area contributed by atoms with E-state index < -0.39 is 0 Å². The van der Waals surface area contributed by atoms with Crippen LogP contribution in [0.1, 0.15) is 0 Å². The van der Waals surface area contributed by atoms with Gasteiger partial charge in [0.25, 0.3) is 0 Å². The summed E-state index contributed by atoms with van der Waals surface area (Å²) in [5.74, 6) is 0. The normalized spacial score (nSPS) is 25.0. The van der Waals surface area contributed by atoms with Crippen LogP contribution in [0, 0.1) is 5.41 Å². The predicted molar refractivity (Wildman–Crippen MR) is 36.8 cm³/mol. The molecule has 0 fully saturated rings. The van der Waals surface area contributed by atoms with Crippen molar-refractivity contribution in [3.8, 4) is 0 Å². The molecule has 0 radical (unpaired) electrons. The third-order valence-corrected chi connectivity index (χ3v) is 1.23. The molecule has 0 saturated heterocycles. The second kappa shape index (κ2) is 2.60. The van der Waals surface area contributed by atoms with Crippen LogP contribution in [0.4, 0.5) is 0 Å². The zero-order valence-electron chi connectivity index (χ0n) is 5.29. The number of hydrogen-bond donors (Lipinski definition) is 1. The van der Waals surface area contributed by atoms with E-state index in [4.69, 9.17) is 10.1 Å². The van der Waals surface area contributed by atoms with Gasteiger partial charge in [-0.25, -0.2) is 0 Å². The average Bonchev–Trinajstić information content (AvgIpc) is 1.89. The van der Waals surface area contributed by atoms with Crippen molar-refractivity contribution in [3.05, 3.63) is 24.3 Å². The molecule has 1 aliphatic carbocycles. The summed E-state index contributed by atoms with van der Waals surface area (Å²) in [4.78, 5) is 0. The van der Waals surface area contributed by atoms with Crippen molar-refractivity contribution in [3.63, 3.8) is 0 Å². The minimum atomic E-state index is -0.130. The Morgan fingerprint density at radius 2 is 2.33 bits per heavy atom. The van der Waals surface area contributed by atoms with Gasteiger partial charge in [0, 0.05) is 7.11 Å². The number of hydrogen-bond acceptors (Lipinski definition) is 2. The van der Waals surface area contributed by atoms with Crippen molar-refractivity contribution in [1.29, 1.82) is 5.41 Å². The smallest absolute Gasteiger partial charge is 0.117 e. The number of nitrogens with one attached hydrogen (secondary N) is 1. The molecular weight excluding hydrogens is 114 g/mol. The summed E-state index contributed by atoms with van der Waals surface area (Å²) in [7, 11) is 1.60. The molecule has 1 aliphatic rings. The van der Waals surface area contributed by atoms with E-state index in [-0.39, 0.29) is 6.10 Å². The first-order valence-corrected chi connectivity index (χ1v) is 2.80. The molecule has 0 heterocycles. The quantitative estimate of drug-likeness (QED) is 0.557. The minimum Gasteiger partial charge on any atom is -0.371 e. The van der Waals surface area contributed by atoms with Crippen molar-refractivity contribution in [1.82, 2.24) is 0 Å². The molecule has 48 valence electrons. The molecule has 0 aromatic heterocycles. The highest BCUT2D eigenvalue weighted by Crippen LogP contribution is 2.01. The maximum absolute atomic E-state index is 7.28. The van der Waals surface area contributed by atoms with Crippen LogP contribution in [0.15, 0.2) is 24.3 Å². The molecule has 1 N–H and O–H groups in total. The molecule has 0 aromatic rings. The standard InChI is InChI=1S/C7H9NO/c1-9-7-5-3-2-4-6(7)8/h2-5,7-8H,1H3/t7-/m1/s1. The molecule has 2 heteroatoms. The van der Waals surface area contributed by atoms with Gasteiger partial charge >= 0.3 is 0 Å². The second-order valence-electron chi connectivity index (χ2n) is 1.86. The summed E-state index contributed by atoms with van der Waals surface area (Å²) < 4.78 is 4.94. The number of allylic oxidation sites excluding steroid dienone is 2. The Bertz CT molecular complexity index is 170. The van der Waals surface area contributed by atoms with E-state index >= 15 is 0 Å². The van der Waals surface area contributed by atoms with Gasteiger partial charge in [-0.05, 0) is 12.2 Å². The van der Waals surface area contributed by atoms with E-state index in [1.165, 1.54) is 0 Å². The van der Waals surface area contributed by atoms with Crippen LogP contribution in [0.5, 0.6) is 0 Å². The van der Waals surface area contributed by atoms with E-state index in [9.17, 15) is 0 Å². The topological polar surface area (TPSA) is 33.1 Å². The zero-order valence-corrected chi connectivity index (χ0v) is 5.29. The lowest BCUT2D eigenvalue weighted by molar-refractivity contribution is 0.191.